The monoisotopic (exact) mass is 564 g/mol. The van der Waals surface area contributed by atoms with E-state index in [0.717, 1.165) is 13.1 Å². The van der Waals surface area contributed by atoms with Crippen LogP contribution in [0.2, 0.25) is 10.0 Å². The maximum Gasteiger partial charge on any atom is 0.295 e. The van der Waals surface area contributed by atoms with Crippen molar-refractivity contribution in [2.75, 3.05) is 40.4 Å². The molecule has 1 aliphatic heterocycles. The minimum absolute atomic E-state index is 0.0312. The number of hydrogen-bond acceptors (Lipinski definition) is 7. The molecule has 0 saturated carbocycles. The van der Waals surface area contributed by atoms with Crippen molar-refractivity contribution in [3.63, 3.8) is 0 Å². The number of aliphatic hydroxyl groups is 1. The first-order valence-electron chi connectivity index (χ1n) is 12.5. The van der Waals surface area contributed by atoms with Gasteiger partial charge in [-0.05, 0) is 50.7 Å². The Kier molecular flexibility index (Phi) is 9.93. The number of hydrogen-bond donors (Lipinski definition) is 1. The molecule has 3 rings (SSSR count). The number of nitrogens with zero attached hydrogens (tertiary/aromatic N) is 2. The third kappa shape index (κ3) is 5.87. The highest BCUT2D eigenvalue weighted by molar-refractivity contribution is 6.47. The Balaban J connectivity index is 2.24. The molecule has 0 bridgehead atoms. The van der Waals surface area contributed by atoms with E-state index in [0.29, 0.717) is 17.9 Å². The molecule has 0 aliphatic carbocycles. The molecule has 0 radical (unpaired) electrons. The first-order valence-corrected chi connectivity index (χ1v) is 13.2. The second-order valence-electron chi connectivity index (χ2n) is 9.04. The first-order chi connectivity index (χ1) is 18.1. The molecule has 1 unspecified atom stereocenters. The number of carbonyl (C=O) groups is 2. The second-order valence-corrected chi connectivity index (χ2v) is 9.83. The number of amides is 1. The Labute approximate surface area is 233 Å². The number of benzene rings is 2. The molecule has 1 heterocycles. The highest BCUT2D eigenvalue weighted by atomic mass is 35.5. The zero-order valence-electron chi connectivity index (χ0n) is 22.5. The standard InChI is InChI=1S/C28H34Cl2N2O6/c1-7-31(8-2)12-13-32-23(17-10-9-11-18(14-17)38-16(3)4)21(25(34)28(32)35)24(33)19-15-20(29)27(37-6)22(30)26(19)36-5/h9-11,14-16,23,33H,7-8,12-13H2,1-6H3/b24-21+. The SMILES string of the molecule is CCN(CC)CCN1C(=O)C(=O)/C(=C(/O)c2cc(Cl)c(OC)c(Cl)c2OC)C1c1cccc(OC(C)C)c1. The van der Waals surface area contributed by atoms with E-state index in [4.69, 9.17) is 37.4 Å². The van der Waals surface area contributed by atoms with Crippen molar-refractivity contribution in [3.05, 3.63) is 57.1 Å². The Morgan fingerprint density at radius 3 is 2.32 bits per heavy atom. The minimum atomic E-state index is -0.870. The summed E-state index contributed by atoms with van der Waals surface area (Å²) in [4.78, 5) is 30.5. The topological polar surface area (TPSA) is 88.5 Å². The summed E-state index contributed by atoms with van der Waals surface area (Å²) in [6.45, 7) is 10.3. The van der Waals surface area contributed by atoms with Crippen molar-refractivity contribution in [3.8, 4) is 17.2 Å². The molecular weight excluding hydrogens is 531 g/mol. The third-order valence-corrected chi connectivity index (χ3v) is 7.06. The number of likely N-dealkylation sites (N-methyl/N-ethyl adjacent to an activating group) is 1. The van der Waals surface area contributed by atoms with Crippen molar-refractivity contribution in [1.29, 1.82) is 0 Å². The number of likely N-dealkylation sites (tertiary alicyclic amines) is 1. The van der Waals surface area contributed by atoms with Gasteiger partial charge in [-0.3, -0.25) is 9.59 Å². The van der Waals surface area contributed by atoms with Crippen LogP contribution in [0.1, 0.15) is 44.9 Å². The second kappa shape index (κ2) is 12.7. The fraction of sp³-hybridized carbons (Fsp3) is 0.429. The molecule has 8 nitrogen and oxygen atoms in total. The van der Waals surface area contributed by atoms with Gasteiger partial charge in [0.1, 0.15) is 16.5 Å². The number of ether oxygens (including phenoxy) is 3. The van der Waals surface area contributed by atoms with E-state index in [9.17, 15) is 14.7 Å². The molecule has 1 amide bonds. The van der Waals surface area contributed by atoms with Crippen LogP contribution in [-0.4, -0.2) is 73.1 Å². The first kappa shape index (κ1) is 29.6. The lowest BCUT2D eigenvalue weighted by molar-refractivity contribution is -0.140. The van der Waals surface area contributed by atoms with Gasteiger partial charge in [0.2, 0.25) is 0 Å². The molecule has 2 aromatic carbocycles. The van der Waals surface area contributed by atoms with Crippen LogP contribution in [0.3, 0.4) is 0 Å². The van der Waals surface area contributed by atoms with Crippen LogP contribution in [0.4, 0.5) is 0 Å². The van der Waals surface area contributed by atoms with Crippen molar-refractivity contribution in [2.45, 2.75) is 39.8 Å². The van der Waals surface area contributed by atoms with Crippen LogP contribution in [0, 0.1) is 0 Å². The van der Waals surface area contributed by atoms with Crippen LogP contribution in [0.15, 0.2) is 35.9 Å². The zero-order chi connectivity index (χ0) is 28.1. The summed E-state index contributed by atoms with van der Waals surface area (Å²) in [5.74, 6) is -1.15. The van der Waals surface area contributed by atoms with Gasteiger partial charge in [0.15, 0.2) is 11.5 Å². The summed E-state index contributed by atoms with van der Waals surface area (Å²) in [5, 5.41) is 11.7. The Hall–Kier alpha value is -2.94. The lowest BCUT2D eigenvalue weighted by Gasteiger charge is -2.28. The van der Waals surface area contributed by atoms with E-state index in [-0.39, 0.29) is 45.3 Å². The molecule has 2 aromatic rings. The van der Waals surface area contributed by atoms with Crippen molar-refractivity contribution in [2.24, 2.45) is 0 Å². The predicted molar refractivity (Wildman–Crippen MR) is 149 cm³/mol. The van der Waals surface area contributed by atoms with Crippen LogP contribution in [0.5, 0.6) is 17.2 Å². The Bertz CT molecular complexity index is 1230. The Morgan fingerprint density at radius 2 is 1.74 bits per heavy atom. The maximum atomic E-state index is 13.5. The van der Waals surface area contributed by atoms with Crippen molar-refractivity contribution >= 4 is 40.7 Å². The normalized spacial score (nSPS) is 17.0. The molecule has 0 spiro atoms. The highest BCUT2D eigenvalue weighted by Gasteiger charge is 2.46. The summed E-state index contributed by atoms with van der Waals surface area (Å²) >= 11 is 12.8. The maximum absolute atomic E-state index is 13.5. The molecule has 1 fully saturated rings. The van der Waals surface area contributed by atoms with Gasteiger partial charge in [-0.15, -0.1) is 0 Å². The smallest absolute Gasteiger partial charge is 0.295 e. The van der Waals surface area contributed by atoms with Crippen LogP contribution < -0.4 is 14.2 Å². The van der Waals surface area contributed by atoms with Gasteiger partial charge in [0, 0.05) is 13.1 Å². The number of methoxy groups -OCH3 is 2. The summed E-state index contributed by atoms with van der Waals surface area (Å²) < 4.78 is 16.6. The average Bonchev–Trinajstić information content (AvgIpc) is 3.13. The number of aliphatic hydroxyl groups excluding tert-OH is 1. The molecule has 206 valence electrons. The third-order valence-electron chi connectivity index (χ3n) is 6.43. The molecule has 1 N–H and O–H groups in total. The quantitative estimate of drug-likeness (QED) is 0.217. The number of ketones is 1. The zero-order valence-corrected chi connectivity index (χ0v) is 24.0. The summed E-state index contributed by atoms with van der Waals surface area (Å²) in [7, 11) is 2.78. The summed E-state index contributed by atoms with van der Waals surface area (Å²) in [6, 6.07) is 7.70. The van der Waals surface area contributed by atoms with Gasteiger partial charge < -0.3 is 29.1 Å². The van der Waals surface area contributed by atoms with Gasteiger partial charge >= 0.3 is 0 Å². The lowest BCUT2D eigenvalue weighted by Crippen LogP contribution is -2.38. The van der Waals surface area contributed by atoms with E-state index in [1.165, 1.54) is 25.2 Å². The molecule has 38 heavy (non-hydrogen) atoms. The average molecular weight is 565 g/mol. The number of Topliss-reactive ketones (excluding diaryl/α,β-unsaturated/α-hetero) is 1. The summed E-state index contributed by atoms with van der Waals surface area (Å²) in [5.41, 5.74) is 0.601. The fourth-order valence-corrected chi connectivity index (χ4v) is 5.25. The van der Waals surface area contributed by atoms with E-state index in [2.05, 4.69) is 4.90 Å². The van der Waals surface area contributed by atoms with Crippen LogP contribution in [0.25, 0.3) is 5.76 Å². The van der Waals surface area contributed by atoms with Gasteiger partial charge in [-0.2, -0.15) is 0 Å². The number of carbonyl (C=O) groups excluding carboxylic acids is 2. The largest absolute Gasteiger partial charge is 0.507 e. The lowest BCUT2D eigenvalue weighted by atomic mass is 9.94. The Morgan fingerprint density at radius 1 is 1.08 bits per heavy atom. The molecular formula is C28H34Cl2N2O6. The van der Waals surface area contributed by atoms with Gasteiger partial charge in [-0.1, -0.05) is 49.2 Å². The van der Waals surface area contributed by atoms with Crippen LogP contribution >= 0.6 is 23.2 Å². The van der Waals surface area contributed by atoms with Gasteiger partial charge in [0.05, 0.1) is 42.5 Å². The molecule has 1 saturated heterocycles. The summed E-state index contributed by atoms with van der Waals surface area (Å²) in [6.07, 6.45) is -0.0767. The molecule has 1 atom stereocenters. The van der Waals surface area contributed by atoms with Crippen molar-refractivity contribution in [1.82, 2.24) is 9.80 Å². The van der Waals surface area contributed by atoms with E-state index >= 15 is 0 Å². The van der Waals surface area contributed by atoms with Crippen molar-refractivity contribution < 1.29 is 28.9 Å². The number of halogens is 2. The molecule has 1 aliphatic rings. The fourth-order valence-electron chi connectivity index (χ4n) is 4.57. The highest BCUT2D eigenvalue weighted by Crippen LogP contribution is 2.47. The van der Waals surface area contributed by atoms with E-state index < -0.39 is 23.5 Å². The van der Waals surface area contributed by atoms with E-state index in [1.807, 2.05) is 27.7 Å². The van der Waals surface area contributed by atoms with E-state index in [1.54, 1.807) is 24.3 Å². The predicted octanol–water partition coefficient (Wildman–Crippen LogP) is 5.56. The van der Waals surface area contributed by atoms with Gasteiger partial charge in [0.25, 0.3) is 11.7 Å². The number of rotatable bonds is 11. The van der Waals surface area contributed by atoms with Crippen LogP contribution in [-0.2, 0) is 9.59 Å². The van der Waals surface area contributed by atoms with Gasteiger partial charge in [-0.25, -0.2) is 0 Å². The molecule has 10 heteroatoms. The minimum Gasteiger partial charge on any atom is -0.507 e. The molecule has 0 aromatic heterocycles.